The molecule has 0 saturated heterocycles. The lowest BCUT2D eigenvalue weighted by molar-refractivity contribution is -0.165. The van der Waals surface area contributed by atoms with E-state index in [-0.39, 0.29) is 42.8 Å². The SMILES string of the molecule is CCOC(=O)CC(C)=O.COC(=O)C(C)(F)F.I.II.[CH2+]COC(=O)CC(=O)C(C)(F)F. The van der Waals surface area contributed by atoms with Crippen LogP contribution in [0.25, 0.3) is 0 Å². The van der Waals surface area contributed by atoms with Gasteiger partial charge in [-0.15, -0.1) is 24.0 Å². The van der Waals surface area contributed by atoms with Gasteiger partial charge in [0.15, 0.2) is 0 Å². The number of halogens is 7. The van der Waals surface area contributed by atoms with Gasteiger partial charge in [0.1, 0.15) is 25.5 Å². The summed E-state index contributed by atoms with van der Waals surface area (Å²) >= 11 is 4.24. The molecule has 0 aliphatic carbocycles. The van der Waals surface area contributed by atoms with Gasteiger partial charge in [0.2, 0.25) is 12.4 Å². The number of alkyl halides is 4. The molecule has 0 amide bonds. The Hall–Kier alpha value is -0.470. The largest absolute Gasteiger partial charge is 0.466 e. The molecule has 0 unspecified atom stereocenters. The third kappa shape index (κ3) is 31.7. The topological polar surface area (TPSA) is 113 Å². The summed E-state index contributed by atoms with van der Waals surface area (Å²) in [6.45, 7) is 7.31. The molecular weight excluding hydrogens is 789 g/mol. The lowest BCUT2D eigenvalue weighted by atomic mass is 10.2. The van der Waals surface area contributed by atoms with E-state index in [0.717, 1.165) is 7.11 Å². The molecule has 0 saturated carbocycles. The summed E-state index contributed by atoms with van der Waals surface area (Å²) in [6, 6.07) is 0. The fourth-order valence-electron chi connectivity index (χ4n) is 1.05. The highest BCUT2D eigenvalue weighted by Crippen LogP contribution is 2.15. The predicted octanol–water partition coefficient (Wildman–Crippen LogP) is 4.71. The monoisotopic (exact) mass is 815 g/mol. The van der Waals surface area contributed by atoms with Gasteiger partial charge in [0.25, 0.3) is 0 Å². The predicted molar refractivity (Wildman–Crippen MR) is 135 cm³/mol. The van der Waals surface area contributed by atoms with Crippen LogP contribution in [0.5, 0.6) is 0 Å². The van der Waals surface area contributed by atoms with Crippen molar-refractivity contribution in [2.24, 2.45) is 0 Å². The van der Waals surface area contributed by atoms with Gasteiger partial charge in [-0.05, 0) is 13.8 Å². The molecule has 0 aliphatic heterocycles. The molecule has 0 fully saturated rings. The first-order valence-corrected chi connectivity index (χ1v) is 14.4. The first-order valence-electron chi connectivity index (χ1n) is 8.14. The van der Waals surface area contributed by atoms with Gasteiger partial charge >= 0.3 is 29.8 Å². The Labute approximate surface area is 224 Å². The molecule has 0 atom stereocenters. The Bertz CT molecular complexity index is 565. The molecule has 0 aromatic heterocycles. The number of hydrogen-bond acceptors (Lipinski definition) is 8. The van der Waals surface area contributed by atoms with Crippen molar-refractivity contribution in [2.75, 3.05) is 20.3 Å². The smallest absolute Gasteiger partial charge is 0.376 e. The average molecular weight is 815 g/mol. The zero-order valence-electron chi connectivity index (χ0n) is 18.0. The number of rotatable bonds is 8. The van der Waals surface area contributed by atoms with Crippen LogP contribution in [-0.4, -0.2) is 61.6 Å². The van der Waals surface area contributed by atoms with Crippen molar-refractivity contribution in [1.82, 2.24) is 0 Å². The Morgan fingerprint density at radius 2 is 1.28 bits per heavy atom. The number of carbonyl (C=O) groups is 5. The van der Waals surface area contributed by atoms with Crippen molar-refractivity contribution < 1.29 is 55.7 Å². The second-order valence-electron chi connectivity index (χ2n) is 5.27. The highest BCUT2D eigenvalue weighted by atomic mass is 128. The number of ketones is 2. The molecule has 15 heteroatoms. The van der Waals surface area contributed by atoms with E-state index in [1.165, 1.54) is 6.92 Å². The van der Waals surface area contributed by atoms with Crippen molar-refractivity contribution in [1.29, 1.82) is 0 Å². The highest BCUT2D eigenvalue weighted by Gasteiger charge is 2.34. The second kappa shape index (κ2) is 23.7. The molecule has 0 aromatic carbocycles. The minimum Gasteiger partial charge on any atom is -0.466 e. The van der Waals surface area contributed by atoms with E-state index in [2.05, 4.69) is 58.4 Å². The summed E-state index contributed by atoms with van der Waals surface area (Å²) in [5, 5.41) is 0. The van der Waals surface area contributed by atoms with E-state index in [4.69, 9.17) is 0 Å². The van der Waals surface area contributed by atoms with Gasteiger partial charge in [-0.25, -0.2) is 4.79 Å². The zero-order valence-corrected chi connectivity index (χ0v) is 24.6. The van der Waals surface area contributed by atoms with Crippen molar-refractivity contribution in [3.63, 3.8) is 0 Å². The lowest BCUT2D eigenvalue weighted by Gasteiger charge is -2.06. The Balaban J connectivity index is -0.000000110. The Morgan fingerprint density at radius 1 is 0.875 bits per heavy atom. The molecule has 0 rings (SSSR count). The van der Waals surface area contributed by atoms with Crippen LogP contribution in [0.4, 0.5) is 17.6 Å². The van der Waals surface area contributed by atoms with Gasteiger partial charge in [0, 0.05) is 51.1 Å². The lowest BCUT2D eigenvalue weighted by Crippen LogP contribution is -2.27. The minimum absolute atomic E-state index is 0. The van der Waals surface area contributed by atoms with E-state index in [0.29, 0.717) is 20.5 Å². The molecule has 0 spiro atoms. The fraction of sp³-hybridized carbons (Fsp3) is 0.647. The third-order valence-electron chi connectivity index (χ3n) is 2.30. The van der Waals surface area contributed by atoms with Crippen LogP contribution in [0.2, 0.25) is 0 Å². The van der Waals surface area contributed by atoms with Gasteiger partial charge in [-0.1, -0.05) is 0 Å². The summed E-state index contributed by atoms with van der Waals surface area (Å²) < 4.78 is 60.0. The van der Waals surface area contributed by atoms with Crippen LogP contribution >= 0.6 is 61.2 Å². The molecule has 0 radical (unpaired) electrons. The summed E-state index contributed by atoms with van der Waals surface area (Å²) in [5.74, 6) is -11.3. The van der Waals surface area contributed by atoms with Crippen molar-refractivity contribution >= 4 is 90.7 Å². The van der Waals surface area contributed by atoms with Crippen molar-refractivity contribution in [3.8, 4) is 0 Å². The first-order chi connectivity index (χ1) is 14.0. The van der Waals surface area contributed by atoms with Crippen LogP contribution in [0.3, 0.4) is 0 Å². The number of ether oxygens (including phenoxy) is 3. The summed E-state index contributed by atoms with van der Waals surface area (Å²) in [5.41, 5.74) is 0. The van der Waals surface area contributed by atoms with E-state index in [1.807, 2.05) is 0 Å². The van der Waals surface area contributed by atoms with Gasteiger partial charge < -0.3 is 14.2 Å². The molecule has 0 aliphatic rings. The van der Waals surface area contributed by atoms with E-state index in [9.17, 15) is 41.5 Å². The third-order valence-corrected chi connectivity index (χ3v) is 2.30. The number of methoxy groups -OCH3 is 1. The summed E-state index contributed by atoms with van der Waals surface area (Å²) in [4.78, 5) is 51.5. The minimum atomic E-state index is -3.47. The number of hydrogen-bond donors (Lipinski definition) is 0. The molecular formula is C17H26F4I3O8+. The number of esters is 3. The summed E-state index contributed by atoms with van der Waals surface area (Å²) in [6.07, 6.45) is -1.01. The van der Waals surface area contributed by atoms with Gasteiger partial charge in [0.05, 0.1) is 13.7 Å². The summed E-state index contributed by atoms with van der Waals surface area (Å²) in [7, 11) is 0.916. The highest BCUT2D eigenvalue weighted by molar-refractivity contribution is 15.0. The maximum Gasteiger partial charge on any atom is 0.376 e. The van der Waals surface area contributed by atoms with E-state index < -0.39 is 42.0 Å². The molecule has 190 valence electrons. The maximum atomic E-state index is 12.1. The van der Waals surface area contributed by atoms with Gasteiger partial charge in [-0.3, -0.25) is 19.2 Å². The standard InChI is InChI=1S/C7H9F2O3.C6H10O3.C4H6F2O2.I2.HI/c1-3-12-6(11)4-5(10)7(2,8)9;1-3-9-6(8)4-5(2)7;1-4(5,6)3(7)8-2;1-2;/h1,3-4H2,2H3;3-4H2,1-2H3;1-2H3;;1H/q+1;;;;. The molecule has 32 heavy (non-hydrogen) atoms. The molecule has 0 aromatic rings. The van der Waals surface area contributed by atoms with E-state index in [1.54, 1.807) is 6.92 Å². The van der Waals surface area contributed by atoms with E-state index >= 15 is 0 Å². The normalized spacial score (nSPS) is 9.47. The quantitative estimate of drug-likeness (QED) is 0.0866. The average Bonchev–Trinajstić information content (AvgIpc) is 2.62. The first kappa shape index (κ1) is 41.8. The molecule has 0 N–H and O–H groups in total. The second-order valence-corrected chi connectivity index (χ2v) is 5.27. The maximum absolute atomic E-state index is 12.1. The molecule has 0 bridgehead atoms. The van der Waals surface area contributed by atoms with Crippen LogP contribution < -0.4 is 0 Å². The fourth-order valence-corrected chi connectivity index (χ4v) is 1.05. The van der Waals surface area contributed by atoms with Crippen LogP contribution in [0, 0.1) is 6.92 Å². The molecule has 0 heterocycles. The van der Waals surface area contributed by atoms with Crippen molar-refractivity contribution in [3.05, 3.63) is 6.92 Å². The van der Waals surface area contributed by atoms with Crippen molar-refractivity contribution in [2.45, 2.75) is 52.4 Å². The van der Waals surface area contributed by atoms with Crippen LogP contribution in [0.15, 0.2) is 0 Å². The Kier molecular flexibility index (Phi) is 30.9. The zero-order chi connectivity index (χ0) is 25.8. The Morgan fingerprint density at radius 3 is 1.50 bits per heavy atom. The van der Waals surface area contributed by atoms with Crippen LogP contribution in [0.1, 0.15) is 40.5 Å². The number of Topliss-reactive ketones (excluding diaryl/α,β-unsaturated/α-hetero) is 2. The molecule has 8 nitrogen and oxygen atoms in total. The van der Waals surface area contributed by atoms with Crippen LogP contribution in [-0.2, 0) is 38.2 Å². The number of carbonyl (C=O) groups excluding carboxylic acids is 5. The van der Waals surface area contributed by atoms with Gasteiger partial charge in [-0.2, -0.15) is 17.6 Å².